The Hall–Kier alpha value is -2.90. The zero-order chi connectivity index (χ0) is 20.5. The van der Waals surface area contributed by atoms with E-state index < -0.39 is 17.9 Å². The van der Waals surface area contributed by atoms with Crippen LogP contribution in [0.25, 0.3) is 6.08 Å². The van der Waals surface area contributed by atoms with Crippen molar-refractivity contribution in [1.29, 1.82) is 0 Å². The van der Waals surface area contributed by atoms with Crippen LogP contribution in [-0.4, -0.2) is 32.3 Å². The molecule has 0 aliphatic carbocycles. The molecule has 2 aromatic carbocycles. The first-order valence-electron chi connectivity index (χ1n) is 8.98. The molecule has 0 spiro atoms. The molecule has 0 unspecified atom stereocenters. The number of ether oxygens (including phenoxy) is 1. The quantitative estimate of drug-likeness (QED) is 0.580. The van der Waals surface area contributed by atoms with Crippen LogP contribution in [0.15, 0.2) is 71.2 Å². The molecule has 2 heterocycles. The summed E-state index contributed by atoms with van der Waals surface area (Å²) in [5.74, 6) is -0.751. The number of carbonyl (C=O) groups is 2. The topological polar surface area (TPSA) is 66.8 Å². The molecule has 1 N–H and O–H groups in total. The highest BCUT2D eigenvalue weighted by atomic mass is 32.2. The van der Waals surface area contributed by atoms with Gasteiger partial charge in [-0.15, -0.1) is 0 Å². The van der Waals surface area contributed by atoms with Crippen molar-refractivity contribution in [2.24, 2.45) is 0 Å². The second-order valence-electron chi connectivity index (χ2n) is 6.65. The molecule has 1 fully saturated rings. The first-order valence-corrected chi connectivity index (χ1v) is 10.2. The van der Waals surface area contributed by atoms with Gasteiger partial charge in [-0.3, -0.25) is 9.69 Å². The molecule has 2 atom stereocenters. The molecule has 2 aliphatic heterocycles. The number of carboxylic acid groups (broad SMARTS) is 1. The fraction of sp³-hybridized carbons (Fsp3) is 0.136. The standard InChI is InChI=1S/C22H17NO4S2/c1-13-16(11-15-9-5-6-10-17(15)27-13)12-18-20(24)23(22(28)29-18)19(21(25)26)14-7-3-2-4-8-14/h2-13,19H,1H3,(H,25,26)/b18-12+/t13-,19+/m0/s1. The second-order valence-corrected chi connectivity index (χ2v) is 8.32. The Labute approximate surface area is 177 Å². The highest BCUT2D eigenvalue weighted by molar-refractivity contribution is 8.26. The van der Waals surface area contributed by atoms with Gasteiger partial charge in [0.15, 0.2) is 6.04 Å². The normalized spacial score (nSPS) is 20.9. The maximum atomic E-state index is 13.1. The van der Waals surface area contributed by atoms with Crippen molar-refractivity contribution in [1.82, 2.24) is 4.90 Å². The van der Waals surface area contributed by atoms with E-state index in [1.165, 1.54) is 4.90 Å². The summed E-state index contributed by atoms with van der Waals surface area (Å²) in [6, 6.07) is 15.1. The Morgan fingerprint density at radius 1 is 1.21 bits per heavy atom. The van der Waals surface area contributed by atoms with Gasteiger partial charge < -0.3 is 9.84 Å². The van der Waals surface area contributed by atoms with Crippen molar-refractivity contribution in [2.45, 2.75) is 19.1 Å². The minimum absolute atomic E-state index is 0.225. The molecule has 2 aliphatic rings. The molecule has 5 nitrogen and oxygen atoms in total. The van der Waals surface area contributed by atoms with Crippen molar-refractivity contribution >= 4 is 46.3 Å². The van der Waals surface area contributed by atoms with E-state index in [0.717, 1.165) is 28.6 Å². The summed E-state index contributed by atoms with van der Waals surface area (Å²) in [5.41, 5.74) is 2.26. The van der Waals surface area contributed by atoms with Crippen LogP contribution in [0.3, 0.4) is 0 Å². The number of nitrogens with zero attached hydrogens (tertiary/aromatic N) is 1. The number of amides is 1. The molecule has 1 amide bonds. The first-order chi connectivity index (χ1) is 14.0. The minimum atomic E-state index is -1.16. The number of aliphatic carboxylic acids is 1. The van der Waals surface area contributed by atoms with Gasteiger partial charge in [0.05, 0.1) is 4.91 Å². The lowest BCUT2D eigenvalue weighted by Gasteiger charge is -2.24. The molecule has 0 saturated carbocycles. The van der Waals surface area contributed by atoms with E-state index in [1.807, 2.05) is 37.3 Å². The zero-order valence-electron chi connectivity index (χ0n) is 15.4. The van der Waals surface area contributed by atoms with Crippen molar-refractivity contribution in [3.63, 3.8) is 0 Å². The van der Waals surface area contributed by atoms with E-state index in [2.05, 4.69) is 0 Å². The number of hydrogen-bond acceptors (Lipinski definition) is 5. The SMILES string of the molecule is C[C@@H]1Oc2ccccc2C=C1/C=C1/SC(=S)N([C@@H](C(=O)O)c2ccccc2)C1=O. The molecule has 2 aromatic rings. The Balaban J connectivity index is 1.68. The van der Waals surface area contributed by atoms with Gasteiger partial charge in [-0.25, -0.2) is 4.79 Å². The average molecular weight is 424 g/mol. The molecule has 4 rings (SSSR count). The molecule has 0 aromatic heterocycles. The monoisotopic (exact) mass is 423 g/mol. The van der Waals surface area contributed by atoms with Gasteiger partial charge in [0.1, 0.15) is 16.2 Å². The second kappa shape index (κ2) is 7.85. The molecule has 7 heteroatoms. The third-order valence-corrected chi connectivity index (χ3v) is 6.07. The fourth-order valence-corrected chi connectivity index (χ4v) is 4.63. The Morgan fingerprint density at radius 2 is 1.90 bits per heavy atom. The van der Waals surface area contributed by atoms with Crippen LogP contribution in [0.2, 0.25) is 0 Å². The third kappa shape index (κ3) is 3.71. The molecule has 0 radical (unpaired) electrons. The van der Waals surface area contributed by atoms with E-state index in [4.69, 9.17) is 17.0 Å². The summed E-state index contributed by atoms with van der Waals surface area (Å²) in [6.45, 7) is 1.91. The van der Waals surface area contributed by atoms with Crippen molar-refractivity contribution in [2.75, 3.05) is 0 Å². The van der Waals surface area contributed by atoms with Crippen LogP contribution in [0.1, 0.15) is 24.1 Å². The van der Waals surface area contributed by atoms with E-state index in [-0.39, 0.29) is 10.4 Å². The van der Waals surface area contributed by atoms with Crippen LogP contribution in [0.5, 0.6) is 5.75 Å². The van der Waals surface area contributed by atoms with Crippen molar-refractivity contribution in [3.05, 3.63) is 82.3 Å². The average Bonchev–Trinajstić information content (AvgIpc) is 2.97. The number of benzene rings is 2. The van der Waals surface area contributed by atoms with Gasteiger partial charge in [-0.2, -0.15) is 0 Å². The number of thioether (sulfide) groups is 1. The highest BCUT2D eigenvalue weighted by Gasteiger charge is 2.41. The number of carboxylic acids is 1. The molecule has 29 heavy (non-hydrogen) atoms. The Morgan fingerprint density at radius 3 is 2.62 bits per heavy atom. The van der Waals surface area contributed by atoms with E-state index in [9.17, 15) is 14.7 Å². The zero-order valence-corrected chi connectivity index (χ0v) is 17.1. The summed E-state index contributed by atoms with van der Waals surface area (Å²) in [5, 5.41) is 9.77. The molecular weight excluding hydrogens is 406 g/mol. The summed E-state index contributed by atoms with van der Waals surface area (Å²) in [7, 11) is 0. The Kier molecular flexibility index (Phi) is 5.25. The minimum Gasteiger partial charge on any atom is -0.485 e. The van der Waals surface area contributed by atoms with E-state index in [0.29, 0.717) is 10.5 Å². The number of carbonyl (C=O) groups excluding carboxylic acids is 1. The van der Waals surface area contributed by atoms with Crippen LogP contribution in [-0.2, 0) is 9.59 Å². The summed E-state index contributed by atoms with van der Waals surface area (Å²) in [4.78, 5) is 26.6. The first kappa shape index (κ1) is 19.4. The number of hydrogen-bond donors (Lipinski definition) is 1. The van der Waals surface area contributed by atoms with Crippen LogP contribution in [0, 0.1) is 0 Å². The number of rotatable bonds is 4. The number of thiocarbonyl (C=S) groups is 1. The maximum Gasteiger partial charge on any atom is 0.331 e. The highest BCUT2D eigenvalue weighted by Crippen LogP contribution is 2.39. The van der Waals surface area contributed by atoms with Crippen molar-refractivity contribution in [3.8, 4) is 5.75 Å². The maximum absolute atomic E-state index is 13.1. The molecule has 146 valence electrons. The van der Waals surface area contributed by atoms with Crippen LogP contribution >= 0.6 is 24.0 Å². The summed E-state index contributed by atoms with van der Waals surface area (Å²) >= 11 is 6.47. The van der Waals surface area contributed by atoms with Crippen molar-refractivity contribution < 1.29 is 19.4 Å². The van der Waals surface area contributed by atoms with Gasteiger partial charge in [0.2, 0.25) is 0 Å². The summed E-state index contributed by atoms with van der Waals surface area (Å²) in [6.07, 6.45) is 3.48. The van der Waals surface area contributed by atoms with Gasteiger partial charge in [-0.1, -0.05) is 72.5 Å². The third-order valence-electron chi connectivity index (χ3n) is 4.74. The lowest BCUT2D eigenvalue weighted by atomic mass is 10.0. The van der Waals surface area contributed by atoms with Gasteiger partial charge >= 0.3 is 5.97 Å². The largest absolute Gasteiger partial charge is 0.485 e. The van der Waals surface area contributed by atoms with Gasteiger partial charge in [-0.05, 0) is 36.3 Å². The number of para-hydroxylation sites is 1. The smallest absolute Gasteiger partial charge is 0.331 e. The van der Waals surface area contributed by atoms with Gasteiger partial charge in [0, 0.05) is 5.56 Å². The van der Waals surface area contributed by atoms with Gasteiger partial charge in [0.25, 0.3) is 5.91 Å². The fourth-order valence-electron chi connectivity index (χ4n) is 3.31. The molecule has 0 bridgehead atoms. The lowest BCUT2D eigenvalue weighted by molar-refractivity contribution is -0.145. The van der Waals surface area contributed by atoms with E-state index >= 15 is 0 Å². The molecular formula is C22H17NO4S2. The Bertz CT molecular complexity index is 1060. The number of fused-ring (bicyclic) bond motifs is 1. The lowest BCUT2D eigenvalue weighted by Crippen LogP contribution is -2.37. The van der Waals surface area contributed by atoms with E-state index in [1.54, 1.807) is 36.4 Å². The molecule has 1 saturated heterocycles. The van der Waals surface area contributed by atoms with Crippen LogP contribution in [0.4, 0.5) is 0 Å². The van der Waals surface area contributed by atoms with Crippen LogP contribution < -0.4 is 4.74 Å². The predicted octanol–water partition coefficient (Wildman–Crippen LogP) is 4.42. The summed E-state index contributed by atoms with van der Waals surface area (Å²) < 4.78 is 6.15. The predicted molar refractivity (Wildman–Crippen MR) is 116 cm³/mol.